The van der Waals surface area contributed by atoms with E-state index in [4.69, 9.17) is 5.26 Å². The summed E-state index contributed by atoms with van der Waals surface area (Å²) in [6.07, 6.45) is 7.55. The largest absolute Gasteiger partial charge is 0.298 e. The highest BCUT2D eigenvalue weighted by molar-refractivity contribution is 5.26. The van der Waals surface area contributed by atoms with E-state index in [-0.39, 0.29) is 0 Å². The first-order valence-electron chi connectivity index (χ1n) is 12.8. The molecule has 0 saturated heterocycles. The highest BCUT2D eigenvalue weighted by atomic mass is 19.1. The van der Waals surface area contributed by atoms with Crippen LogP contribution in [0.1, 0.15) is 88.8 Å². The SMILES string of the molecule is CC#N.CCC(CCc1ccc(C2CCC(F)CC2)cc1)N(CCc1ccccc1)C(C)C. The fraction of sp³-hybridized carbons (Fsp3) is 0.567. The summed E-state index contributed by atoms with van der Waals surface area (Å²) in [7, 11) is 0. The minimum Gasteiger partial charge on any atom is -0.298 e. The summed E-state index contributed by atoms with van der Waals surface area (Å²) in [6, 6.07) is 23.0. The lowest BCUT2D eigenvalue weighted by molar-refractivity contribution is 0.143. The van der Waals surface area contributed by atoms with Crippen molar-refractivity contribution in [3.63, 3.8) is 0 Å². The predicted octanol–water partition coefficient (Wildman–Crippen LogP) is 7.88. The number of nitrogens with zero attached hydrogens (tertiary/aromatic N) is 2. The van der Waals surface area contributed by atoms with Gasteiger partial charge in [-0.3, -0.25) is 4.90 Å². The van der Waals surface area contributed by atoms with Gasteiger partial charge in [-0.2, -0.15) is 5.26 Å². The minimum atomic E-state index is -0.572. The summed E-state index contributed by atoms with van der Waals surface area (Å²) < 4.78 is 13.4. The third kappa shape index (κ3) is 9.30. The molecule has 1 saturated carbocycles. The highest BCUT2D eigenvalue weighted by Crippen LogP contribution is 2.34. The molecule has 33 heavy (non-hydrogen) atoms. The van der Waals surface area contributed by atoms with Crippen molar-refractivity contribution in [3.8, 4) is 6.07 Å². The van der Waals surface area contributed by atoms with Gasteiger partial charge in [0.25, 0.3) is 0 Å². The lowest BCUT2D eigenvalue weighted by Gasteiger charge is -2.35. The van der Waals surface area contributed by atoms with Crippen LogP contribution in [-0.2, 0) is 12.8 Å². The lowest BCUT2D eigenvalue weighted by Crippen LogP contribution is -2.41. The number of nitriles is 1. The zero-order chi connectivity index (χ0) is 24.1. The van der Waals surface area contributed by atoms with Crippen molar-refractivity contribution in [2.24, 2.45) is 0 Å². The molecule has 1 atom stereocenters. The highest BCUT2D eigenvalue weighted by Gasteiger charge is 2.22. The van der Waals surface area contributed by atoms with Gasteiger partial charge >= 0.3 is 0 Å². The molecule has 0 N–H and O–H groups in total. The third-order valence-corrected chi connectivity index (χ3v) is 6.98. The molecule has 180 valence electrons. The van der Waals surface area contributed by atoms with Gasteiger partial charge in [-0.05, 0) is 87.8 Å². The van der Waals surface area contributed by atoms with Gasteiger partial charge in [0.05, 0.1) is 6.07 Å². The second-order valence-electron chi connectivity index (χ2n) is 9.58. The van der Waals surface area contributed by atoms with Crippen LogP contribution in [0.2, 0.25) is 0 Å². The van der Waals surface area contributed by atoms with Crippen LogP contribution in [0.5, 0.6) is 0 Å². The molecule has 0 aliphatic heterocycles. The smallest absolute Gasteiger partial charge is 0.100 e. The fourth-order valence-electron chi connectivity index (χ4n) is 5.05. The third-order valence-electron chi connectivity index (χ3n) is 6.98. The Kier molecular flexibility index (Phi) is 12.2. The van der Waals surface area contributed by atoms with Crippen LogP contribution in [-0.4, -0.2) is 29.7 Å². The van der Waals surface area contributed by atoms with E-state index in [1.165, 1.54) is 36.5 Å². The topological polar surface area (TPSA) is 27.0 Å². The Bertz CT molecular complexity index is 801. The van der Waals surface area contributed by atoms with Crippen LogP contribution in [0.3, 0.4) is 0 Å². The van der Waals surface area contributed by atoms with Crippen LogP contribution in [0.4, 0.5) is 4.39 Å². The number of halogens is 1. The second-order valence-corrected chi connectivity index (χ2v) is 9.58. The average Bonchev–Trinajstić information content (AvgIpc) is 2.83. The number of aryl methyl sites for hydroxylation is 1. The first kappa shape index (κ1) is 27.1. The number of hydrogen-bond acceptors (Lipinski definition) is 2. The Morgan fingerprint density at radius 2 is 1.52 bits per heavy atom. The summed E-state index contributed by atoms with van der Waals surface area (Å²) in [4.78, 5) is 2.69. The van der Waals surface area contributed by atoms with Gasteiger partial charge in [0.2, 0.25) is 0 Å². The Morgan fingerprint density at radius 3 is 2.06 bits per heavy atom. The normalized spacial score (nSPS) is 19.0. The van der Waals surface area contributed by atoms with Crippen LogP contribution in [0, 0.1) is 11.3 Å². The molecule has 0 aromatic heterocycles. The summed E-state index contributed by atoms with van der Waals surface area (Å²) in [5, 5.41) is 7.32. The number of benzene rings is 2. The summed E-state index contributed by atoms with van der Waals surface area (Å²) in [5.41, 5.74) is 4.27. The molecule has 0 bridgehead atoms. The van der Waals surface area contributed by atoms with E-state index in [1.807, 2.05) is 0 Å². The molecule has 1 aliphatic rings. The molecule has 2 aromatic rings. The molecule has 0 amide bonds. The van der Waals surface area contributed by atoms with Gasteiger partial charge in [0.15, 0.2) is 0 Å². The van der Waals surface area contributed by atoms with Crippen LogP contribution in [0.25, 0.3) is 0 Å². The van der Waals surface area contributed by atoms with Gasteiger partial charge in [-0.1, -0.05) is 61.5 Å². The maximum Gasteiger partial charge on any atom is 0.100 e. The molecule has 2 aromatic carbocycles. The van der Waals surface area contributed by atoms with E-state index in [0.29, 0.717) is 18.0 Å². The van der Waals surface area contributed by atoms with Crippen LogP contribution in [0.15, 0.2) is 54.6 Å². The molecule has 1 fully saturated rings. The van der Waals surface area contributed by atoms with Crippen molar-refractivity contribution < 1.29 is 4.39 Å². The number of rotatable bonds is 10. The molecule has 1 aliphatic carbocycles. The summed E-state index contributed by atoms with van der Waals surface area (Å²) in [5.74, 6) is 0.559. The van der Waals surface area contributed by atoms with Crippen LogP contribution < -0.4 is 0 Å². The molecule has 2 nitrogen and oxygen atoms in total. The van der Waals surface area contributed by atoms with E-state index < -0.39 is 6.17 Å². The quantitative estimate of drug-likeness (QED) is 0.368. The molecule has 3 rings (SSSR count). The molecule has 0 heterocycles. The second kappa shape index (κ2) is 14.9. The molecule has 3 heteroatoms. The van der Waals surface area contributed by atoms with Crippen molar-refractivity contribution in [2.45, 2.75) is 103 Å². The van der Waals surface area contributed by atoms with Crippen molar-refractivity contribution in [3.05, 3.63) is 71.3 Å². The van der Waals surface area contributed by atoms with E-state index >= 15 is 0 Å². The average molecular weight is 451 g/mol. The van der Waals surface area contributed by atoms with Gasteiger partial charge in [-0.15, -0.1) is 0 Å². The fourth-order valence-corrected chi connectivity index (χ4v) is 5.05. The zero-order valence-electron chi connectivity index (χ0n) is 21.1. The van der Waals surface area contributed by atoms with Crippen molar-refractivity contribution in [1.29, 1.82) is 5.26 Å². The molecule has 1 unspecified atom stereocenters. The van der Waals surface area contributed by atoms with Gasteiger partial charge in [-0.25, -0.2) is 4.39 Å². The summed E-state index contributed by atoms with van der Waals surface area (Å²) in [6.45, 7) is 9.53. The van der Waals surface area contributed by atoms with Gasteiger partial charge in [0, 0.05) is 25.6 Å². The van der Waals surface area contributed by atoms with E-state index in [1.54, 1.807) is 6.07 Å². The van der Waals surface area contributed by atoms with Crippen molar-refractivity contribution in [2.75, 3.05) is 6.54 Å². The van der Waals surface area contributed by atoms with E-state index in [9.17, 15) is 4.39 Å². The lowest BCUT2D eigenvalue weighted by atomic mass is 9.83. The first-order valence-corrected chi connectivity index (χ1v) is 12.8. The Hall–Kier alpha value is -2.18. The monoisotopic (exact) mass is 450 g/mol. The number of alkyl halides is 1. The first-order chi connectivity index (χ1) is 16.0. The maximum atomic E-state index is 13.4. The molecular weight excluding hydrogens is 407 g/mol. The Balaban J connectivity index is 0.00000122. The van der Waals surface area contributed by atoms with Crippen LogP contribution >= 0.6 is 0 Å². The van der Waals surface area contributed by atoms with Crippen molar-refractivity contribution >= 4 is 0 Å². The minimum absolute atomic E-state index is 0.559. The van der Waals surface area contributed by atoms with Gasteiger partial charge in [0.1, 0.15) is 6.17 Å². The summed E-state index contributed by atoms with van der Waals surface area (Å²) >= 11 is 0. The van der Waals surface area contributed by atoms with E-state index in [2.05, 4.69) is 80.3 Å². The molecular formula is C30H43FN2. The zero-order valence-corrected chi connectivity index (χ0v) is 21.1. The Morgan fingerprint density at radius 1 is 0.939 bits per heavy atom. The Labute approximate surface area is 201 Å². The van der Waals surface area contributed by atoms with Gasteiger partial charge < -0.3 is 0 Å². The number of hydrogen-bond donors (Lipinski definition) is 0. The van der Waals surface area contributed by atoms with Crippen molar-refractivity contribution in [1.82, 2.24) is 4.90 Å². The maximum absolute atomic E-state index is 13.4. The van der Waals surface area contributed by atoms with E-state index in [0.717, 1.165) is 45.1 Å². The standard InChI is InChI=1S/C28H40FN.C2H3N/c1-4-28(30(22(2)3)21-20-23-8-6-5-7-9-23)19-12-24-10-13-25(14-11-24)26-15-17-27(29)18-16-26;1-2-3/h5-11,13-14,22,26-28H,4,12,15-21H2,1-3H3;1H3. The molecule has 0 radical (unpaired) electrons. The molecule has 0 spiro atoms. The predicted molar refractivity (Wildman–Crippen MR) is 138 cm³/mol.